The van der Waals surface area contributed by atoms with Crippen molar-refractivity contribution >= 4 is 5.69 Å². The summed E-state index contributed by atoms with van der Waals surface area (Å²) in [5.74, 6) is 0. The molecule has 2 unspecified atom stereocenters. The highest BCUT2D eigenvalue weighted by Crippen LogP contribution is 2.15. The second-order valence-electron chi connectivity index (χ2n) is 4.40. The number of nitro benzene ring substituents is 1. The van der Waals surface area contributed by atoms with Gasteiger partial charge in [-0.15, -0.1) is 0 Å². The molecule has 0 heterocycles. The minimum atomic E-state index is -0.821. The van der Waals surface area contributed by atoms with Crippen molar-refractivity contribution in [3.05, 3.63) is 39.9 Å². The molecular weight excluding hydrogens is 234 g/mol. The van der Waals surface area contributed by atoms with Gasteiger partial charge in [-0.1, -0.05) is 31.9 Å². The lowest BCUT2D eigenvalue weighted by molar-refractivity contribution is -0.384. The lowest BCUT2D eigenvalue weighted by Crippen LogP contribution is -2.27. The smallest absolute Gasteiger partial charge is 0.269 e. The molecular formula is C13H19NO4. The molecule has 5 heteroatoms. The third kappa shape index (κ3) is 4.43. The van der Waals surface area contributed by atoms with Crippen LogP contribution < -0.4 is 0 Å². The predicted octanol–water partition coefficient (Wildman–Crippen LogP) is 2.05. The van der Waals surface area contributed by atoms with E-state index < -0.39 is 17.1 Å². The van der Waals surface area contributed by atoms with Crippen molar-refractivity contribution in [2.75, 3.05) is 0 Å². The van der Waals surface area contributed by atoms with Gasteiger partial charge in [0.25, 0.3) is 5.69 Å². The number of aliphatic hydroxyl groups is 2. The maximum atomic E-state index is 10.5. The van der Waals surface area contributed by atoms with E-state index in [0.717, 1.165) is 18.4 Å². The summed E-state index contributed by atoms with van der Waals surface area (Å²) in [7, 11) is 0. The van der Waals surface area contributed by atoms with Crippen LogP contribution in [-0.4, -0.2) is 27.3 Å². The Morgan fingerprint density at radius 1 is 1.22 bits per heavy atom. The van der Waals surface area contributed by atoms with Crippen molar-refractivity contribution in [2.24, 2.45) is 0 Å². The lowest BCUT2D eigenvalue weighted by Gasteiger charge is -2.17. The molecule has 0 fully saturated rings. The van der Waals surface area contributed by atoms with Crippen LogP contribution in [0.3, 0.4) is 0 Å². The summed E-state index contributed by atoms with van der Waals surface area (Å²) < 4.78 is 0. The molecule has 1 rings (SSSR count). The van der Waals surface area contributed by atoms with Gasteiger partial charge >= 0.3 is 0 Å². The molecule has 2 N–H and O–H groups in total. The predicted molar refractivity (Wildman–Crippen MR) is 68.3 cm³/mol. The topological polar surface area (TPSA) is 83.6 Å². The van der Waals surface area contributed by atoms with Crippen molar-refractivity contribution in [1.82, 2.24) is 0 Å². The first-order valence-electron chi connectivity index (χ1n) is 6.14. The first-order chi connectivity index (χ1) is 8.54. The summed E-state index contributed by atoms with van der Waals surface area (Å²) in [5.41, 5.74) is 0.809. The monoisotopic (exact) mass is 253 g/mol. The van der Waals surface area contributed by atoms with Crippen LogP contribution in [0.25, 0.3) is 0 Å². The van der Waals surface area contributed by atoms with E-state index in [9.17, 15) is 20.3 Å². The van der Waals surface area contributed by atoms with E-state index in [1.165, 1.54) is 12.1 Å². The van der Waals surface area contributed by atoms with Gasteiger partial charge in [0.05, 0.1) is 17.1 Å². The second kappa shape index (κ2) is 7.08. The standard InChI is InChI=1S/C13H19NO4/c1-2-3-4-12(15)13(16)9-10-5-7-11(8-6-10)14(17)18/h5-8,12-13,15-16H,2-4,9H2,1H3. The Morgan fingerprint density at radius 2 is 1.83 bits per heavy atom. The maximum Gasteiger partial charge on any atom is 0.269 e. The Labute approximate surface area is 106 Å². The van der Waals surface area contributed by atoms with Crippen LogP contribution in [-0.2, 0) is 6.42 Å². The molecule has 0 aliphatic carbocycles. The fraction of sp³-hybridized carbons (Fsp3) is 0.538. The molecule has 5 nitrogen and oxygen atoms in total. The van der Waals surface area contributed by atoms with E-state index in [1.807, 2.05) is 6.92 Å². The maximum absolute atomic E-state index is 10.5. The molecule has 0 aliphatic heterocycles. The molecule has 18 heavy (non-hydrogen) atoms. The highest BCUT2D eigenvalue weighted by Gasteiger charge is 2.16. The number of nitro groups is 1. The zero-order valence-electron chi connectivity index (χ0n) is 10.5. The minimum Gasteiger partial charge on any atom is -0.390 e. The van der Waals surface area contributed by atoms with E-state index in [4.69, 9.17) is 0 Å². The van der Waals surface area contributed by atoms with E-state index in [1.54, 1.807) is 12.1 Å². The number of aliphatic hydroxyl groups excluding tert-OH is 2. The first kappa shape index (κ1) is 14.6. The molecule has 0 bridgehead atoms. The largest absolute Gasteiger partial charge is 0.390 e. The summed E-state index contributed by atoms with van der Waals surface area (Å²) in [4.78, 5) is 10.0. The van der Waals surface area contributed by atoms with Crippen LogP contribution in [0.4, 0.5) is 5.69 Å². The zero-order chi connectivity index (χ0) is 13.5. The number of unbranched alkanes of at least 4 members (excludes halogenated alkanes) is 1. The summed E-state index contributed by atoms with van der Waals surface area (Å²) in [6.07, 6.45) is 1.17. The zero-order valence-corrected chi connectivity index (χ0v) is 10.5. The fourth-order valence-electron chi connectivity index (χ4n) is 1.74. The molecule has 0 saturated heterocycles. The summed E-state index contributed by atoms with van der Waals surface area (Å²) in [5, 5.41) is 30.0. The van der Waals surface area contributed by atoms with Gasteiger partial charge in [-0.05, 0) is 12.0 Å². The van der Waals surface area contributed by atoms with Crippen LogP contribution >= 0.6 is 0 Å². The average molecular weight is 253 g/mol. The van der Waals surface area contributed by atoms with E-state index in [2.05, 4.69) is 0 Å². The Morgan fingerprint density at radius 3 is 2.33 bits per heavy atom. The van der Waals surface area contributed by atoms with Gasteiger partial charge in [0.1, 0.15) is 0 Å². The molecule has 0 spiro atoms. The highest BCUT2D eigenvalue weighted by molar-refractivity contribution is 5.33. The number of rotatable bonds is 7. The van der Waals surface area contributed by atoms with Crippen LogP contribution in [0.2, 0.25) is 0 Å². The summed E-state index contributed by atoms with van der Waals surface area (Å²) >= 11 is 0. The van der Waals surface area contributed by atoms with Gasteiger partial charge in [-0.2, -0.15) is 0 Å². The number of benzene rings is 1. The lowest BCUT2D eigenvalue weighted by atomic mass is 10.0. The van der Waals surface area contributed by atoms with Crippen molar-refractivity contribution in [1.29, 1.82) is 0 Å². The number of hydrogen-bond donors (Lipinski definition) is 2. The molecule has 0 saturated carbocycles. The highest BCUT2D eigenvalue weighted by atomic mass is 16.6. The third-order valence-electron chi connectivity index (χ3n) is 2.89. The molecule has 0 aliphatic rings. The SMILES string of the molecule is CCCCC(O)C(O)Cc1ccc([N+](=O)[O-])cc1. The molecule has 0 aromatic heterocycles. The second-order valence-corrected chi connectivity index (χ2v) is 4.40. The first-order valence-corrected chi connectivity index (χ1v) is 6.14. The molecule has 1 aromatic rings. The van der Waals surface area contributed by atoms with Gasteiger partial charge in [0.2, 0.25) is 0 Å². The van der Waals surface area contributed by atoms with E-state index >= 15 is 0 Å². The number of non-ortho nitro benzene ring substituents is 1. The number of hydrogen-bond acceptors (Lipinski definition) is 4. The molecule has 2 atom stereocenters. The molecule has 0 amide bonds. The van der Waals surface area contributed by atoms with Crippen molar-refractivity contribution in [3.63, 3.8) is 0 Å². The molecule has 0 radical (unpaired) electrons. The van der Waals surface area contributed by atoms with Crippen LogP contribution in [0.5, 0.6) is 0 Å². The van der Waals surface area contributed by atoms with Gasteiger partial charge in [-0.3, -0.25) is 10.1 Å². The quantitative estimate of drug-likeness (QED) is 0.575. The minimum absolute atomic E-state index is 0.0276. The van der Waals surface area contributed by atoms with Crippen LogP contribution in [0, 0.1) is 10.1 Å². The van der Waals surface area contributed by atoms with Gasteiger partial charge in [0.15, 0.2) is 0 Å². The Balaban J connectivity index is 2.53. The molecule has 1 aromatic carbocycles. The van der Waals surface area contributed by atoms with E-state index in [-0.39, 0.29) is 5.69 Å². The molecule has 100 valence electrons. The van der Waals surface area contributed by atoms with Crippen LogP contribution in [0.15, 0.2) is 24.3 Å². The third-order valence-corrected chi connectivity index (χ3v) is 2.89. The Hall–Kier alpha value is -1.46. The van der Waals surface area contributed by atoms with Crippen molar-refractivity contribution in [2.45, 2.75) is 44.8 Å². The van der Waals surface area contributed by atoms with Crippen molar-refractivity contribution in [3.8, 4) is 0 Å². The Bertz CT molecular complexity index is 377. The summed E-state index contributed by atoms with van der Waals surface area (Å²) in [6, 6.07) is 6.02. The summed E-state index contributed by atoms with van der Waals surface area (Å²) in [6.45, 7) is 2.02. The van der Waals surface area contributed by atoms with Crippen molar-refractivity contribution < 1.29 is 15.1 Å². The van der Waals surface area contributed by atoms with E-state index in [0.29, 0.717) is 12.8 Å². The van der Waals surface area contributed by atoms with Gasteiger partial charge in [0, 0.05) is 18.6 Å². The van der Waals surface area contributed by atoms with Crippen LogP contribution in [0.1, 0.15) is 31.7 Å². The van der Waals surface area contributed by atoms with Gasteiger partial charge in [-0.25, -0.2) is 0 Å². The number of nitrogens with zero attached hydrogens (tertiary/aromatic N) is 1. The normalized spacial score (nSPS) is 14.2. The fourth-order valence-corrected chi connectivity index (χ4v) is 1.74. The average Bonchev–Trinajstić information content (AvgIpc) is 2.36. The Kier molecular flexibility index (Phi) is 5.74. The van der Waals surface area contributed by atoms with Gasteiger partial charge < -0.3 is 10.2 Å².